The molecule has 0 aromatic carbocycles. The van der Waals surface area contributed by atoms with Crippen molar-refractivity contribution in [3.05, 3.63) is 48.6 Å². The van der Waals surface area contributed by atoms with Crippen LogP contribution in [0.2, 0.25) is 0 Å². The number of hydrogen-bond acceptors (Lipinski definition) is 0. The third-order valence-corrected chi connectivity index (χ3v) is 1.31. The molecule has 0 bridgehead atoms. The summed E-state index contributed by atoms with van der Waals surface area (Å²) in [5.74, 6) is 0. The third-order valence-electron chi connectivity index (χ3n) is 1.31. The van der Waals surface area contributed by atoms with Crippen molar-refractivity contribution in [1.82, 2.24) is 0 Å². The minimum absolute atomic E-state index is 0. The maximum Gasteiger partial charge on any atom is 0 e. The van der Waals surface area contributed by atoms with E-state index in [1.807, 2.05) is 0 Å². The second-order valence-corrected chi connectivity index (χ2v) is 2.18. The van der Waals surface area contributed by atoms with Crippen molar-refractivity contribution < 1.29 is 45.9 Å². The Morgan fingerprint density at radius 1 is 0.538 bits per heavy atom. The molecule has 3 heteroatoms. The molecule has 0 amide bonds. The Morgan fingerprint density at radius 2 is 0.769 bits per heavy atom. The van der Waals surface area contributed by atoms with E-state index >= 15 is 0 Å². The van der Waals surface area contributed by atoms with Crippen molar-refractivity contribution in [1.29, 1.82) is 0 Å². The van der Waals surface area contributed by atoms with Crippen molar-refractivity contribution in [3.63, 3.8) is 0 Å². The van der Waals surface area contributed by atoms with Crippen LogP contribution in [-0.4, -0.2) is 0 Å². The minimum atomic E-state index is 0. The first kappa shape index (κ1) is 18.9. The van der Waals surface area contributed by atoms with Crippen LogP contribution < -0.4 is 24.8 Å². The Hall–Kier alpha value is 0.228. The Balaban J connectivity index is -0.000000125. The van der Waals surface area contributed by atoms with Crippen molar-refractivity contribution in [2.24, 2.45) is 0 Å². The Bertz CT molecular complexity index is 151. The van der Waals surface area contributed by atoms with E-state index in [0.29, 0.717) is 0 Å². The third kappa shape index (κ3) is 12.2. The molecule has 2 aliphatic carbocycles. The standard InChI is InChI=1S/2C5H6.2ClH.W/c2*1-2-4-5-3-1;;;/h2*1-4H,5H2;2*1H;/p-2. The van der Waals surface area contributed by atoms with E-state index in [4.69, 9.17) is 0 Å². The van der Waals surface area contributed by atoms with Gasteiger partial charge in [0.15, 0.2) is 0 Å². The molecule has 0 saturated carbocycles. The van der Waals surface area contributed by atoms with Gasteiger partial charge in [-0.15, -0.1) is 0 Å². The fourth-order valence-corrected chi connectivity index (χ4v) is 0.786. The van der Waals surface area contributed by atoms with Gasteiger partial charge in [0.25, 0.3) is 0 Å². The van der Waals surface area contributed by atoms with Crippen LogP contribution in [0.15, 0.2) is 48.6 Å². The van der Waals surface area contributed by atoms with Crippen LogP contribution in [0.4, 0.5) is 0 Å². The van der Waals surface area contributed by atoms with E-state index < -0.39 is 0 Å². The molecular formula is C10H12Cl2W-2. The van der Waals surface area contributed by atoms with Gasteiger partial charge in [-0.25, -0.2) is 0 Å². The van der Waals surface area contributed by atoms with Crippen molar-refractivity contribution in [3.8, 4) is 0 Å². The summed E-state index contributed by atoms with van der Waals surface area (Å²) in [6.07, 6.45) is 19.0. The van der Waals surface area contributed by atoms with Crippen molar-refractivity contribution in [2.75, 3.05) is 0 Å². The van der Waals surface area contributed by atoms with Crippen LogP contribution in [-0.2, 0) is 21.1 Å². The van der Waals surface area contributed by atoms with Gasteiger partial charge in [-0.2, -0.15) is 0 Å². The molecule has 0 unspecified atom stereocenters. The van der Waals surface area contributed by atoms with Gasteiger partial charge in [0.2, 0.25) is 0 Å². The summed E-state index contributed by atoms with van der Waals surface area (Å²) in [5, 5.41) is 0. The van der Waals surface area contributed by atoms with E-state index in [1.165, 1.54) is 0 Å². The molecule has 2 aliphatic rings. The molecule has 2 rings (SSSR count). The first-order valence-corrected chi connectivity index (χ1v) is 3.63. The van der Waals surface area contributed by atoms with Crippen LogP contribution in [0.3, 0.4) is 0 Å². The first-order valence-electron chi connectivity index (χ1n) is 3.63. The van der Waals surface area contributed by atoms with Gasteiger partial charge < -0.3 is 24.8 Å². The topological polar surface area (TPSA) is 0 Å². The minimum Gasteiger partial charge on any atom is -1.00 e. The second kappa shape index (κ2) is 14.7. The molecule has 0 aromatic heterocycles. The molecule has 0 heterocycles. The van der Waals surface area contributed by atoms with Gasteiger partial charge >= 0.3 is 0 Å². The average molecular weight is 387 g/mol. The predicted octanol–water partition coefficient (Wildman–Crippen LogP) is -2.99. The van der Waals surface area contributed by atoms with Crippen LogP contribution in [0.25, 0.3) is 0 Å². The van der Waals surface area contributed by atoms with E-state index in [2.05, 4.69) is 48.6 Å². The van der Waals surface area contributed by atoms with Crippen LogP contribution >= 0.6 is 0 Å². The van der Waals surface area contributed by atoms with Crippen LogP contribution in [0.5, 0.6) is 0 Å². The summed E-state index contributed by atoms with van der Waals surface area (Å²) >= 11 is 0. The zero-order valence-corrected chi connectivity index (χ0v) is 11.6. The zero-order chi connectivity index (χ0) is 7.07. The summed E-state index contributed by atoms with van der Waals surface area (Å²) in [4.78, 5) is 0. The fraction of sp³-hybridized carbons (Fsp3) is 0.200. The summed E-state index contributed by atoms with van der Waals surface area (Å²) in [7, 11) is 0. The molecule has 0 saturated heterocycles. The second-order valence-electron chi connectivity index (χ2n) is 2.18. The van der Waals surface area contributed by atoms with Crippen LogP contribution in [0, 0.1) is 0 Å². The Labute approximate surface area is 107 Å². The molecule has 0 nitrogen and oxygen atoms in total. The Kier molecular flexibility index (Phi) is 21.4. The van der Waals surface area contributed by atoms with Crippen LogP contribution in [0.1, 0.15) is 12.8 Å². The molecule has 13 heavy (non-hydrogen) atoms. The smallest absolute Gasteiger partial charge is 0 e. The maximum atomic E-state index is 2.12. The normalized spacial score (nSPS) is 13.5. The average Bonchev–Trinajstić information content (AvgIpc) is 2.67. The Morgan fingerprint density at radius 3 is 0.846 bits per heavy atom. The van der Waals surface area contributed by atoms with Gasteiger partial charge in [0, 0.05) is 21.1 Å². The van der Waals surface area contributed by atoms with Crippen molar-refractivity contribution in [2.45, 2.75) is 12.8 Å². The van der Waals surface area contributed by atoms with Gasteiger partial charge in [-0.1, -0.05) is 48.6 Å². The van der Waals surface area contributed by atoms with Gasteiger partial charge in [-0.05, 0) is 12.8 Å². The van der Waals surface area contributed by atoms with E-state index in [9.17, 15) is 0 Å². The van der Waals surface area contributed by atoms with Crippen molar-refractivity contribution >= 4 is 0 Å². The molecular weight excluding hydrogens is 375 g/mol. The zero-order valence-electron chi connectivity index (χ0n) is 7.20. The molecule has 0 aliphatic heterocycles. The van der Waals surface area contributed by atoms with Gasteiger partial charge in [-0.3, -0.25) is 0 Å². The summed E-state index contributed by atoms with van der Waals surface area (Å²) in [6.45, 7) is 0. The SMILES string of the molecule is C1=CCC=C1.C1=CCC=C1.[Cl-].[Cl-].[W]. The molecule has 0 spiro atoms. The predicted molar refractivity (Wildman–Crippen MR) is 45.8 cm³/mol. The molecule has 0 aromatic rings. The first-order chi connectivity index (χ1) is 5.00. The number of halogens is 2. The summed E-state index contributed by atoms with van der Waals surface area (Å²) < 4.78 is 0. The number of hydrogen-bond donors (Lipinski definition) is 0. The maximum absolute atomic E-state index is 2.12. The number of allylic oxidation sites excluding steroid dienone is 8. The van der Waals surface area contributed by atoms with Gasteiger partial charge in [0.1, 0.15) is 0 Å². The summed E-state index contributed by atoms with van der Waals surface area (Å²) in [6, 6.07) is 0. The molecule has 74 valence electrons. The van der Waals surface area contributed by atoms with E-state index in [0.717, 1.165) is 12.8 Å². The van der Waals surface area contributed by atoms with Gasteiger partial charge in [0.05, 0.1) is 0 Å². The molecule has 0 N–H and O–H groups in total. The molecule has 0 fully saturated rings. The number of rotatable bonds is 0. The van der Waals surface area contributed by atoms with E-state index in [1.54, 1.807) is 0 Å². The monoisotopic (exact) mass is 386 g/mol. The molecule has 0 radical (unpaired) electrons. The molecule has 0 atom stereocenters. The summed E-state index contributed by atoms with van der Waals surface area (Å²) in [5.41, 5.74) is 0. The quantitative estimate of drug-likeness (QED) is 0.416. The fourth-order valence-electron chi connectivity index (χ4n) is 0.786. The largest absolute Gasteiger partial charge is 1.00 e. The van der Waals surface area contributed by atoms with E-state index in [-0.39, 0.29) is 45.9 Å².